The lowest BCUT2D eigenvalue weighted by molar-refractivity contribution is 0.313. The highest BCUT2D eigenvalue weighted by atomic mass is 127. The number of guanidine groups is 1. The predicted molar refractivity (Wildman–Crippen MR) is 63.9 cm³/mol. The number of halogens is 1. The Kier molecular flexibility index (Phi) is 10.9. The fraction of sp³-hybridized carbons (Fsp3) is 0.857. The van der Waals surface area contributed by atoms with Crippen molar-refractivity contribution in [3.8, 4) is 0 Å². The molecule has 0 aromatic heterocycles. The third-order valence-electron chi connectivity index (χ3n) is 1.61. The fourth-order valence-corrected chi connectivity index (χ4v) is 0.860. The Bertz CT molecular complexity index is 119. The number of rotatable bonds is 5. The van der Waals surface area contributed by atoms with Gasteiger partial charge in [-0.25, -0.2) is 0 Å². The van der Waals surface area contributed by atoms with Crippen molar-refractivity contribution in [2.75, 3.05) is 26.2 Å². The van der Waals surface area contributed by atoms with E-state index in [4.69, 9.17) is 11.5 Å². The first-order valence-corrected chi connectivity index (χ1v) is 3.98. The summed E-state index contributed by atoms with van der Waals surface area (Å²) < 4.78 is 0. The van der Waals surface area contributed by atoms with Gasteiger partial charge in [0, 0.05) is 6.54 Å². The molecule has 0 atom stereocenters. The monoisotopic (exact) mass is 286 g/mol. The minimum Gasteiger partial charge on any atom is -0.370 e. The van der Waals surface area contributed by atoms with Gasteiger partial charge in [0.2, 0.25) is 0 Å². The molecular formula is C7H19IN4. The second kappa shape index (κ2) is 9.05. The van der Waals surface area contributed by atoms with Crippen molar-refractivity contribution in [2.24, 2.45) is 16.5 Å². The molecule has 0 spiro atoms. The topological polar surface area (TPSA) is 67.6 Å². The van der Waals surface area contributed by atoms with Crippen LogP contribution in [0.2, 0.25) is 0 Å². The second-order valence-electron chi connectivity index (χ2n) is 2.33. The molecular weight excluding hydrogens is 267 g/mol. The van der Waals surface area contributed by atoms with E-state index < -0.39 is 0 Å². The van der Waals surface area contributed by atoms with Gasteiger partial charge in [0.15, 0.2) is 5.96 Å². The van der Waals surface area contributed by atoms with Crippen LogP contribution in [0.25, 0.3) is 0 Å². The van der Waals surface area contributed by atoms with Crippen molar-refractivity contribution in [2.45, 2.75) is 13.8 Å². The van der Waals surface area contributed by atoms with E-state index in [0.717, 1.165) is 19.6 Å². The fourth-order valence-electron chi connectivity index (χ4n) is 0.860. The van der Waals surface area contributed by atoms with E-state index in [-0.39, 0.29) is 29.9 Å². The van der Waals surface area contributed by atoms with Crippen LogP contribution >= 0.6 is 24.0 Å². The number of nitrogens with zero attached hydrogens (tertiary/aromatic N) is 2. The Morgan fingerprint density at radius 3 is 2.08 bits per heavy atom. The van der Waals surface area contributed by atoms with Crippen LogP contribution in [-0.4, -0.2) is 37.0 Å². The van der Waals surface area contributed by atoms with Crippen LogP contribution in [0.5, 0.6) is 0 Å². The normalized spacial score (nSPS) is 9.25. The van der Waals surface area contributed by atoms with Crippen LogP contribution < -0.4 is 11.5 Å². The van der Waals surface area contributed by atoms with E-state index in [1.54, 1.807) is 0 Å². The first kappa shape index (κ1) is 14.5. The average molecular weight is 286 g/mol. The van der Waals surface area contributed by atoms with Crippen LogP contribution in [0.3, 0.4) is 0 Å². The maximum Gasteiger partial charge on any atom is 0.185 e. The maximum absolute atomic E-state index is 5.17. The number of hydrogen-bond donors (Lipinski definition) is 2. The van der Waals surface area contributed by atoms with Crippen LogP contribution in [0.4, 0.5) is 0 Å². The standard InChI is InChI=1S/C7H18N4.HI/c1-3-11(4-2)6-5-10-7(8)9;/h3-6H2,1-2H3,(H4,8,9,10);1H. The molecule has 0 radical (unpaired) electrons. The molecule has 0 aliphatic rings. The summed E-state index contributed by atoms with van der Waals surface area (Å²) in [5.41, 5.74) is 10.3. The minimum atomic E-state index is 0. The quantitative estimate of drug-likeness (QED) is 0.431. The number of likely N-dealkylation sites (N-methyl/N-ethyl adjacent to an activating group) is 1. The molecule has 0 rings (SSSR count). The molecule has 0 aliphatic heterocycles. The zero-order valence-corrected chi connectivity index (χ0v) is 10.1. The Morgan fingerprint density at radius 2 is 1.75 bits per heavy atom. The molecule has 12 heavy (non-hydrogen) atoms. The summed E-state index contributed by atoms with van der Waals surface area (Å²) in [6.45, 7) is 7.99. The van der Waals surface area contributed by atoms with Gasteiger partial charge in [-0.2, -0.15) is 0 Å². The lowest BCUT2D eigenvalue weighted by atomic mass is 10.5. The van der Waals surface area contributed by atoms with E-state index in [0.29, 0.717) is 6.54 Å². The number of nitrogens with two attached hydrogens (primary N) is 2. The first-order valence-electron chi connectivity index (χ1n) is 3.98. The van der Waals surface area contributed by atoms with E-state index in [2.05, 4.69) is 23.7 Å². The highest BCUT2D eigenvalue weighted by Gasteiger charge is 1.95. The van der Waals surface area contributed by atoms with Crippen LogP contribution in [-0.2, 0) is 0 Å². The lowest BCUT2D eigenvalue weighted by Crippen LogP contribution is -2.28. The zero-order valence-electron chi connectivity index (χ0n) is 7.79. The Labute approximate surface area is 91.4 Å². The van der Waals surface area contributed by atoms with Gasteiger partial charge in [0.05, 0.1) is 6.54 Å². The molecule has 4 N–H and O–H groups in total. The second-order valence-corrected chi connectivity index (χ2v) is 2.33. The van der Waals surface area contributed by atoms with Gasteiger partial charge in [-0.15, -0.1) is 24.0 Å². The molecule has 0 amide bonds. The molecule has 0 aromatic rings. The summed E-state index contributed by atoms with van der Waals surface area (Å²) in [6, 6.07) is 0. The third kappa shape index (κ3) is 8.06. The third-order valence-corrected chi connectivity index (χ3v) is 1.61. The van der Waals surface area contributed by atoms with Crippen molar-refractivity contribution in [3.05, 3.63) is 0 Å². The molecule has 4 nitrogen and oxygen atoms in total. The van der Waals surface area contributed by atoms with Crippen LogP contribution in [0, 0.1) is 0 Å². The Balaban J connectivity index is 0. The van der Waals surface area contributed by atoms with Crippen molar-refractivity contribution >= 4 is 29.9 Å². The van der Waals surface area contributed by atoms with Gasteiger partial charge in [0.25, 0.3) is 0 Å². The first-order chi connectivity index (χ1) is 5.20. The molecule has 74 valence electrons. The minimum absolute atomic E-state index is 0. The molecule has 0 aliphatic carbocycles. The molecule has 0 bridgehead atoms. The molecule has 0 fully saturated rings. The van der Waals surface area contributed by atoms with Gasteiger partial charge < -0.3 is 16.4 Å². The molecule has 0 saturated heterocycles. The summed E-state index contributed by atoms with van der Waals surface area (Å²) in [5.74, 6) is 0.178. The zero-order chi connectivity index (χ0) is 8.69. The van der Waals surface area contributed by atoms with Gasteiger partial charge in [-0.3, -0.25) is 4.99 Å². The highest BCUT2D eigenvalue weighted by Crippen LogP contribution is 1.85. The summed E-state index contributed by atoms with van der Waals surface area (Å²) >= 11 is 0. The van der Waals surface area contributed by atoms with Crippen molar-refractivity contribution in [1.29, 1.82) is 0 Å². The lowest BCUT2D eigenvalue weighted by Gasteiger charge is -2.15. The van der Waals surface area contributed by atoms with Crippen LogP contribution in [0.1, 0.15) is 13.8 Å². The summed E-state index contributed by atoms with van der Waals surface area (Å²) in [5, 5.41) is 0. The Morgan fingerprint density at radius 1 is 1.25 bits per heavy atom. The average Bonchev–Trinajstić information content (AvgIpc) is 1.98. The van der Waals surface area contributed by atoms with Gasteiger partial charge in [-0.05, 0) is 13.1 Å². The Hall–Kier alpha value is -0.0400. The highest BCUT2D eigenvalue weighted by molar-refractivity contribution is 14.0. The van der Waals surface area contributed by atoms with Gasteiger partial charge in [0.1, 0.15) is 0 Å². The molecule has 0 saturated carbocycles. The summed E-state index contributed by atoms with van der Waals surface area (Å²) in [7, 11) is 0. The molecule has 0 aromatic carbocycles. The van der Waals surface area contributed by atoms with Crippen molar-refractivity contribution < 1.29 is 0 Å². The van der Waals surface area contributed by atoms with E-state index in [1.165, 1.54) is 0 Å². The largest absolute Gasteiger partial charge is 0.370 e. The van der Waals surface area contributed by atoms with E-state index >= 15 is 0 Å². The number of aliphatic imine (C=N–C) groups is 1. The predicted octanol–water partition coefficient (Wildman–Crippen LogP) is 0.220. The van der Waals surface area contributed by atoms with Gasteiger partial charge >= 0.3 is 0 Å². The smallest absolute Gasteiger partial charge is 0.185 e. The summed E-state index contributed by atoms with van der Waals surface area (Å²) in [4.78, 5) is 6.16. The van der Waals surface area contributed by atoms with E-state index in [9.17, 15) is 0 Å². The molecule has 0 unspecified atom stereocenters. The van der Waals surface area contributed by atoms with Crippen molar-refractivity contribution in [1.82, 2.24) is 4.90 Å². The molecule has 5 heteroatoms. The maximum atomic E-state index is 5.17. The van der Waals surface area contributed by atoms with Gasteiger partial charge in [-0.1, -0.05) is 13.8 Å². The molecule has 0 heterocycles. The SMILES string of the molecule is CCN(CC)CCN=C(N)N.I. The van der Waals surface area contributed by atoms with Crippen molar-refractivity contribution in [3.63, 3.8) is 0 Å². The summed E-state index contributed by atoms with van der Waals surface area (Å²) in [6.07, 6.45) is 0. The van der Waals surface area contributed by atoms with Crippen LogP contribution in [0.15, 0.2) is 4.99 Å². The number of hydrogen-bond acceptors (Lipinski definition) is 2. The van der Waals surface area contributed by atoms with E-state index in [1.807, 2.05) is 0 Å².